The van der Waals surface area contributed by atoms with Crippen molar-refractivity contribution in [2.24, 2.45) is 11.8 Å². The van der Waals surface area contributed by atoms with Gasteiger partial charge in [-0.1, -0.05) is 44.9 Å². The van der Waals surface area contributed by atoms with Gasteiger partial charge in [0.1, 0.15) is 0 Å². The Labute approximate surface area is 189 Å². The minimum absolute atomic E-state index is 0.0253. The van der Waals surface area contributed by atoms with Crippen molar-refractivity contribution in [2.75, 3.05) is 11.9 Å². The van der Waals surface area contributed by atoms with E-state index in [2.05, 4.69) is 29.5 Å². The first-order valence-electron chi connectivity index (χ1n) is 11.6. The monoisotopic (exact) mass is 429 g/mol. The van der Waals surface area contributed by atoms with Crippen molar-refractivity contribution in [3.63, 3.8) is 0 Å². The number of benzene rings is 2. The average Bonchev–Trinajstić information content (AvgIpc) is 3.63. The van der Waals surface area contributed by atoms with E-state index in [1.807, 2.05) is 54.7 Å². The highest BCUT2D eigenvalue weighted by Gasteiger charge is 2.43. The summed E-state index contributed by atoms with van der Waals surface area (Å²) in [7, 11) is 0. The highest BCUT2D eigenvalue weighted by Crippen LogP contribution is 2.48. The van der Waals surface area contributed by atoms with Crippen LogP contribution in [0.2, 0.25) is 0 Å². The van der Waals surface area contributed by atoms with Crippen LogP contribution in [0, 0.1) is 11.8 Å². The van der Waals surface area contributed by atoms with E-state index in [0.29, 0.717) is 11.5 Å². The van der Waals surface area contributed by atoms with Gasteiger partial charge >= 0.3 is 0 Å². The molecule has 1 aromatic heterocycles. The first kappa shape index (κ1) is 22.0. The molecule has 5 heteroatoms. The Bertz CT molecular complexity index is 1090. The molecule has 0 saturated heterocycles. The van der Waals surface area contributed by atoms with Gasteiger partial charge in [0.25, 0.3) is 5.91 Å². The number of hydrogen-bond donors (Lipinski definition) is 2. The van der Waals surface area contributed by atoms with E-state index in [9.17, 15) is 9.59 Å². The Hall–Kier alpha value is -3.21. The zero-order valence-corrected chi connectivity index (χ0v) is 18.8. The van der Waals surface area contributed by atoms with E-state index in [0.717, 1.165) is 54.3 Å². The summed E-state index contributed by atoms with van der Waals surface area (Å²) < 4.78 is 0. The minimum atomic E-state index is -0.0258. The number of rotatable bonds is 9. The number of carbonyl (C=O) groups excluding carboxylic acids is 2. The van der Waals surface area contributed by atoms with Gasteiger partial charge in [0.05, 0.1) is 0 Å². The third-order valence-corrected chi connectivity index (χ3v) is 6.46. The second kappa shape index (κ2) is 9.94. The van der Waals surface area contributed by atoms with E-state index in [1.165, 1.54) is 0 Å². The Morgan fingerprint density at radius 2 is 1.88 bits per heavy atom. The van der Waals surface area contributed by atoms with E-state index in [1.54, 1.807) is 6.20 Å². The van der Waals surface area contributed by atoms with E-state index in [-0.39, 0.29) is 23.7 Å². The Morgan fingerprint density at radius 3 is 2.62 bits per heavy atom. The predicted molar refractivity (Wildman–Crippen MR) is 129 cm³/mol. The van der Waals surface area contributed by atoms with E-state index in [4.69, 9.17) is 0 Å². The Kier molecular flexibility index (Phi) is 6.84. The molecule has 0 radical (unpaired) electrons. The van der Waals surface area contributed by atoms with Gasteiger partial charge in [0.15, 0.2) is 0 Å². The zero-order valence-electron chi connectivity index (χ0n) is 18.8. The lowest BCUT2D eigenvalue weighted by Gasteiger charge is -2.14. The summed E-state index contributed by atoms with van der Waals surface area (Å²) in [5, 5.41) is 8.21. The van der Waals surface area contributed by atoms with Crippen LogP contribution in [0.4, 0.5) is 5.69 Å². The molecule has 2 N–H and O–H groups in total. The van der Waals surface area contributed by atoms with Crippen LogP contribution in [0.5, 0.6) is 0 Å². The molecule has 3 atom stereocenters. The molecule has 2 aromatic carbocycles. The lowest BCUT2D eigenvalue weighted by molar-refractivity contribution is -0.117. The number of pyridine rings is 1. The van der Waals surface area contributed by atoms with E-state index >= 15 is 0 Å². The van der Waals surface area contributed by atoms with Crippen molar-refractivity contribution >= 4 is 28.3 Å². The van der Waals surface area contributed by atoms with Crippen LogP contribution >= 0.6 is 0 Å². The Balaban J connectivity index is 1.31. The predicted octanol–water partition coefficient (Wildman–Crippen LogP) is 5.53. The van der Waals surface area contributed by atoms with Gasteiger partial charge < -0.3 is 10.6 Å². The first-order chi connectivity index (χ1) is 15.6. The molecule has 1 aliphatic carbocycles. The third kappa shape index (κ3) is 5.16. The normalized spacial score (nSPS) is 18.2. The first-order valence-corrected chi connectivity index (χ1v) is 11.6. The molecule has 4 rings (SSSR count). The van der Waals surface area contributed by atoms with Gasteiger partial charge in [0.2, 0.25) is 5.91 Å². The summed E-state index contributed by atoms with van der Waals surface area (Å²) in [6.45, 7) is 5.07. The van der Waals surface area contributed by atoms with Crippen LogP contribution < -0.4 is 10.6 Å². The maximum Gasteiger partial charge on any atom is 0.251 e. The van der Waals surface area contributed by atoms with Crippen LogP contribution in [-0.2, 0) is 4.79 Å². The highest BCUT2D eigenvalue weighted by molar-refractivity contribution is 5.97. The lowest BCUT2D eigenvalue weighted by atomic mass is 10.0. The summed E-state index contributed by atoms with van der Waals surface area (Å²) in [4.78, 5) is 29.3. The molecule has 5 nitrogen and oxygen atoms in total. The van der Waals surface area contributed by atoms with Crippen molar-refractivity contribution in [2.45, 2.75) is 45.4 Å². The van der Waals surface area contributed by atoms with Gasteiger partial charge in [-0.05, 0) is 66.0 Å². The smallest absolute Gasteiger partial charge is 0.251 e. The third-order valence-electron chi connectivity index (χ3n) is 6.46. The fourth-order valence-electron chi connectivity index (χ4n) is 4.33. The van der Waals surface area contributed by atoms with Gasteiger partial charge in [-0.25, -0.2) is 0 Å². The maximum absolute atomic E-state index is 12.7. The second-order valence-corrected chi connectivity index (χ2v) is 8.77. The number of amides is 2. The van der Waals surface area contributed by atoms with Crippen LogP contribution in [0.15, 0.2) is 60.9 Å². The summed E-state index contributed by atoms with van der Waals surface area (Å²) in [5.74, 6) is 0.746. The molecule has 0 bridgehead atoms. The number of nitrogens with one attached hydrogen (secondary N) is 2. The lowest BCUT2D eigenvalue weighted by Crippen LogP contribution is -2.29. The summed E-state index contributed by atoms with van der Waals surface area (Å²) in [5.41, 5.74) is 2.59. The standard InChI is InChI=1S/C27H31N3O2/c1-3-5-18(4-2)16-29-26(31)20-8-6-19(7-9-20)24-15-25(24)27(32)30-23-11-10-22-17-28-13-12-21(22)14-23/h6-14,17-18,24-25H,3-5,15-16H2,1-2H3,(H,29,31)(H,30,32). The minimum Gasteiger partial charge on any atom is -0.352 e. The largest absolute Gasteiger partial charge is 0.352 e. The second-order valence-electron chi connectivity index (χ2n) is 8.77. The number of hydrogen-bond acceptors (Lipinski definition) is 3. The molecular formula is C27H31N3O2. The van der Waals surface area contributed by atoms with Crippen molar-refractivity contribution in [3.05, 3.63) is 72.1 Å². The molecule has 1 heterocycles. The zero-order chi connectivity index (χ0) is 22.5. The summed E-state index contributed by atoms with van der Waals surface area (Å²) in [6.07, 6.45) is 7.75. The van der Waals surface area contributed by atoms with Gasteiger partial charge in [-0.15, -0.1) is 0 Å². The number of anilines is 1. The van der Waals surface area contributed by atoms with Gasteiger partial charge in [-0.2, -0.15) is 0 Å². The highest BCUT2D eigenvalue weighted by atomic mass is 16.2. The number of nitrogens with zero attached hydrogens (tertiary/aromatic N) is 1. The molecule has 166 valence electrons. The molecule has 0 aliphatic heterocycles. The molecular weight excluding hydrogens is 398 g/mol. The fourth-order valence-corrected chi connectivity index (χ4v) is 4.33. The summed E-state index contributed by atoms with van der Waals surface area (Å²) >= 11 is 0. The molecule has 2 amide bonds. The number of carbonyl (C=O) groups is 2. The van der Waals surface area contributed by atoms with Crippen molar-refractivity contribution in [1.29, 1.82) is 0 Å². The van der Waals surface area contributed by atoms with E-state index < -0.39 is 0 Å². The quantitative estimate of drug-likeness (QED) is 0.470. The molecule has 0 spiro atoms. The summed E-state index contributed by atoms with van der Waals surface area (Å²) in [6, 6.07) is 15.5. The van der Waals surface area contributed by atoms with Crippen LogP contribution in [0.1, 0.15) is 61.4 Å². The SMILES string of the molecule is CCCC(CC)CNC(=O)c1ccc(C2CC2C(=O)Nc2ccc3cnccc3c2)cc1. The van der Waals surface area contributed by atoms with Crippen molar-refractivity contribution in [1.82, 2.24) is 10.3 Å². The van der Waals surface area contributed by atoms with Crippen molar-refractivity contribution < 1.29 is 9.59 Å². The van der Waals surface area contributed by atoms with Gasteiger partial charge in [0, 0.05) is 41.5 Å². The molecule has 1 aliphatic rings. The van der Waals surface area contributed by atoms with Crippen LogP contribution in [-0.4, -0.2) is 23.3 Å². The van der Waals surface area contributed by atoms with Crippen LogP contribution in [0.3, 0.4) is 0 Å². The fraction of sp³-hybridized carbons (Fsp3) is 0.370. The maximum atomic E-state index is 12.7. The molecule has 32 heavy (non-hydrogen) atoms. The number of aromatic nitrogens is 1. The van der Waals surface area contributed by atoms with Gasteiger partial charge in [-0.3, -0.25) is 14.6 Å². The Morgan fingerprint density at radius 1 is 1.06 bits per heavy atom. The molecule has 3 aromatic rings. The molecule has 1 fully saturated rings. The molecule has 1 saturated carbocycles. The van der Waals surface area contributed by atoms with Crippen molar-refractivity contribution in [3.8, 4) is 0 Å². The topological polar surface area (TPSA) is 71.1 Å². The van der Waals surface area contributed by atoms with Crippen LogP contribution in [0.25, 0.3) is 10.8 Å². The molecule has 3 unspecified atom stereocenters. The average molecular weight is 430 g/mol. The number of fused-ring (bicyclic) bond motifs is 1.